The van der Waals surface area contributed by atoms with Gasteiger partial charge in [-0.2, -0.15) is 0 Å². The number of aliphatic imine (C=N–C) groups is 1. The molecule has 0 radical (unpaired) electrons. The maximum Gasteiger partial charge on any atom is 0.333 e. The Morgan fingerprint density at radius 1 is 1.09 bits per heavy atom. The van der Waals surface area contributed by atoms with E-state index in [4.69, 9.17) is 16.3 Å². The number of carbonyl (C=O) groups excluding carboxylic acids is 1. The van der Waals surface area contributed by atoms with Crippen LogP contribution in [0.3, 0.4) is 0 Å². The number of nitrogens with one attached hydrogen (secondary N) is 1. The average Bonchev–Trinajstić information content (AvgIpc) is 2.82. The van der Waals surface area contributed by atoms with Crippen molar-refractivity contribution in [2.45, 2.75) is 0 Å². The Morgan fingerprint density at radius 2 is 1.73 bits per heavy atom. The van der Waals surface area contributed by atoms with Crippen molar-refractivity contribution in [2.24, 2.45) is 19.1 Å². The molecule has 0 fully saturated rings. The summed E-state index contributed by atoms with van der Waals surface area (Å²) in [5.74, 6) is -0.388. The molecule has 1 heterocycles. The van der Waals surface area contributed by atoms with E-state index in [1.54, 1.807) is 48.5 Å². The highest BCUT2D eigenvalue weighted by Crippen LogP contribution is 2.25. The fourth-order valence-electron chi connectivity index (χ4n) is 2.82. The van der Waals surface area contributed by atoms with Crippen LogP contribution in [-0.4, -0.2) is 38.1 Å². The highest BCUT2D eigenvalue weighted by atomic mass is 35.5. The van der Waals surface area contributed by atoms with Crippen LogP contribution >= 0.6 is 23.4 Å². The van der Waals surface area contributed by atoms with Gasteiger partial charge in [-0.25, -0.2) is 9.79 Å². The Kier molecular flexibility index (Phi) is 7.62. The Labute approximate surface area is 198 Å². The second kappa shape index (κ2) is 10.4. The number of aromatic nitrogens is 2. The lowest BCUT2D eigenvalue weighted by Crippen LogP contribution is -2.39. The Hall–Kier alpha value is -3.50. The molecule has 33 heavy (non-hydrogen) atoms. The minimum Gasteiger partial charge on any atom is -0.497 e. The number of hydrogen-bond acceptors (Lipinski definition) is 7. The summed E-state index contributed by atoms with van der Waals surface area (Å²) >= 11 is 6.81. The largest absolute Gasteiger partial charge is 0.497 e. The summed E-state index contributed by atoms with van der Waals surface area (Å²) < 4.78 is 6.95. The summed E-state index contributed by atoms with van der Waals surface area (Å²) in [6, 6.07) is 13.3. The quantitative estimate of drug-likeness (QED) is 0.407. The summed E-state index contributed by atoms with van der Waals surface area (Å²) in [7, 11) is 4.17. The molecule has 0 saturated heterocycles. The zero-order valence-corrected chi connectivity index (χ0v) is 19.6. The SMILES string of the molecule is COc1ccc(N=C(SCC(=O)Nc2ccc(Cl)cc2)c2c(O)n(C)c(=O)n(C)c2=O)cc1. The molecule has 0 bridgehead atoms. The van der Waals surface area contributed by atoms with Gasteiger partial charge < -0.3 is 15.2 Å². The molecule has 3 aromatic rings. The van der Waals surface area contributed by atoms with Crippen LogP contribution in [0.1, 0.15) is 5.56 Å². The van der Waals surface area contributed by atoms with E-state index in [1.807, 2.05) is 0 Å². The number of benzene rings is 2. The van der Waals surface area contributed by atoms with Gasteiger partial charge in [-0.3, -0.25) is 18.7 Å². The van der Waals surface area contributed by atoms with E-state index < -0.39 is 17.1 Å². The van der Waals surface area contributed by atoms with Gasteiger partial charge in [0.05, 0.1) is 18.6 Å². The molecule has 2 aromatic carbocycles. The highest BCUT2D eigenvalue weighted by Gasteiger charge is 2.22. The number of thioether (sulfide) groups is 1. The van der Waals surface area contributed by atoms with E-state index in [9.17, 15) is 19.5 Å². The lowest BCUT2D eigenvalue weighted by atomic mass is 10.3. The van der Waals surface area contributed by atoms with Crippen LogP contribution in [0.2, 0.25) is 5.02 Å². The van der Waals surface area contributed by atoms with E-state index in [0.717, 1.165) is 20.9 Å². The van der Waals surface area contributed by atoms with Gasteiger partial charge in [-0.1, -0.05) is 23.4 Å². The summed E-state index contributed by atoms with van der Waals surface area (Å²) in [5.41, 5.74) is -0.574. The number of rotatable bonds is 6. The van der Waals surface area contributed by atoms with Crippen LogP contribution < -0.4 is 21.3 Å². The molecular weight excluding hydrogens is 468 g/mol. The van der Waals surface area contributed by atoms with Crippen molar-refractivity contribution in [3.05, 3.63) is 80.0 Å². The first-order valence-electron chi connectivity index (χ1n) is 9.61. The van der Waals surface area contributed by atoms with Crippen LogP contribution in [-0.2, 0) is 18.9 Å². The summed E-state index contributed by atoms with van der Waals surface area (Å²) in [6.07, 6.45) is 0. The number of halogens is 1. The minimum absolute atomic E-state index is 0.0834. The third-order valence-corrected chi connectivity index (χ3v) is 5.85. The number of anilines is 1. The third kappa shape index (κ3) is 5.65. The number of carbonyl (C=O) groups is 1. The maximum absolute atomic E-state index is 12.8. The first-order chi connectivity index (χ1) is 15.7. The lowest BCUT2D eigenvalue weighted by molar-refractivity contribution is -0.113. The monoisotopic (exact) mass is 488 g/mol. The Balaban J connectivity index is 1.97. The molecule has 0 atom stereocenters. The minimum atomic E-state index is -0.728. The van der Waals surface area contributed by atoms with E-state index >= 15 is 0 Å². The van der Waals surface area contributed by atoms with Gasteiger partial charge >= 0.3 is 5.69 Å². The maximum atomic E-state index is 12.8. The Morgan fingerprint density at radius 3 is 2.33 bits per heavy atom. The zero-order chi connectivity index (χ0) is 24.1. The molecular formula is C22H21ClN4O5S. The van der Waals surface area contributed by atoms with Gasteiger partial charge in [0.15, 0.2) is 0 Å². The third-order valence-electron chi connectivity index (χ3n) is 4.62. The normalized spacial score (nSPS) is 11.3. The highest BCUT2D eigenvalue weighted by molar-refractivity contribution is 8.15. The van der Waals surface area contributed by atoms with Crippen molar-refractivity contribution in [1.29, 1.82) is 0 Å². The van der Waals surface area contributed by atoms with Crippen molar-refractivity contribution in [1.82, 2.24) is 9.13 Å². The van der Waals surface area contributed by atoms with Crippen molar-refractivity contribution in [3.8, 4) is 11.6 Å². The van der Waals surface area contributed by atoms with Crippen LogP contribution in [0.25, 0.3) is 0 Å². The van der Waals surface area contributed by atoms with Crippen LogP contribution in [0.4, 0.5) is 11.4 Å². The summed E-state index contributed by atoms with van der Waals surface area (Å²) in [5, 5.41) is 13.9. The molecule has 0 saturated carbocycles. The molecule has 0 unspecified atom stereocenters. The standard InChI is InChI=1S/C22H21ClN4O5S/c1-26-20(29)18(21(30)27(2)22(26)31)19(25-15-8-10-16(32-3)11-9-15)33-12-17(28)24-14-6-4-13(23)5-7-14/h4-11,29H,12H2,1-3H3,(H,24,28). The fourth-order valence-corrected chi connectivity index (χ4v) is 3.78. The second-order valence-electron chi connectivity index (χ2n) is 6.86. The van der Waals surface area contributed by atoms with Gasteiger partial charge in [0.1, 0.15) is 16.4 Å². The molecule has 1 amide bonds. The Bertz CT molecular complexity index is 1310. The molecule has 2 N–H and O–H groups in total. The lowest BCUT2D eigenvalue weighted by Gasteiger charge is -2.12. The van der Waals surface area contributed by atoms with E-state index in [1.165, 1.54) is 21.2 Å². The van der Waals surface area contributed by atoms with Crippen LogP contribution in [0.5, 0.6) is 11.6 Å². The first kappa shape index (κ1) is 24.1. The van der Waals surface area contributed by atoms with E-state index in [-0.39, 0.29) is 22.3 Å². The number of methoxy groups -OCH3 is 1. The molecule has 9 nitrogen and oxygen atoms in total. The molecule has 1 aromatic heterocycles. The zero-order valence-electron chi connectivity index (χ0n) is 18.0. The number of hydrogen-bond donors (Lipinski definition) is 2. The molecule has 11 heteroatoms. The second-order valence-corrected chi connectivity index (χ2v) is 8.26. The van der Waals surface area contributed by atoms with Gasteiger partial charge in [-0.15, -0.1) is 0 Å². The molecule has 0 spiro atoms. The number of amides is 1. The molecule has 3 rings (SSSR count). The van der Waals surface area contributed by atoms with E-state index in [2.05, 4.69) is 10.3 Å². The number of nitrogens with zero attached hydrogens (tertiary/aromatic N) is 3. The van der Waals surface area contributed by atoms with Gasteiger partial charge in [0, 0.05) is 24.8 Å². The fraction of sp³-hybridized carbons (Fsp3) is 0.182. The van der Waals surface area contributed by atoms with E-state index in [0.29, 0.717) is 22.1 Å². The van der Waals surface area contributed by atoms with Crippen molar-refractivity contribution in [2.75, 3.05) is 18.2 Å². The topological polar surface area (TPSA) is 115 Å². The summed E-state index contributed by atoms with van der Waals surface area (Å²) in [4.78, 5) is 41.9. The van der Waals surface area contributed by atoms with Crippen molar-refractivity contribution >= 4 is 45.7 Å². The number of ether oxygens (including phenoxy) is 1. The van der Waals surface area contributed by atoms with Crippen LogP contribution in [0, 0.1) is 0 Å². The van der Waals surface area contributed by atoms with Crippen molar-refractivity contribution < 1.29 is 14.6 Å². The van der Waals surface area contributed by atoms with Gasteiger partial charge in [0.2, 0.25) is 11.8 Å². The van der Waals surface area contributed by atoms with Gasteiger partial charge in [0.25, 0.3) is 5.56 Å². The average molecular weight is 489 g/mol. The smallest absolute Gasteiger partial charge is 0.333 e. The predicted octanol–water partition coefficient (Wildman–Crippen LogP) is 2.90. The van der Waals surface area contributed by atoms with Crippen molar-refractivity contribution in [3.63, 3.8) is 0 Å². The first-order valence-corrected chi connectivity index (χ1v) is 11.0. The molecule has 0 aliphatic rings. The number of aromatic hydroxyl groups is 1. The predicted molar refractivity (Wildman–Crippen MR) is 130 cm³/mol. The van der Waals surface area contributed by atoms with Crippen LogP contribution in [0.15, 0.2) is 63.1 Å². The molecule has 172 valence electrons. The summed E-state index contributed by atoms with van der Waals surface area (Å²) in [6.45, 7) is 0. The van der Waals surface area contributed by atoms with Gasteiger partial charge in [-0.05, 0) is 48.5 Å². The molecule has 0 aliphatic heterocycles. The molecule has 0 aliphatic carbocycles.